The summed E-state index contributed by atoms with van der Waals surface area (Å²) in [4.78, 5) is 17.3. The molecular weight excluding hydrogens is 216 g/mol. The molecule has 2 rings (SSSR count). The minimum absolute atomic E-state index is 0.229. The third-order valence-electron chi connectivity index (χ3n) is 3.50. The lowest BCUT2D eigenvalue weighted by Crippen LogP contribution is -2.37. The number of carboxylic acids is 1. The van der Waals surface area contributed by atoms with Gasteiger partial charge in [0, 0.05) is 18.3 Å². The van der Waals surface area contributed by atoms with Gasteiger partial charge in [0.1, 0.15) is 0 Å². The molecule has 4 heteroatoms. The van der Waals surface area contributed by atoms with Crippen molar-refractivity contribution in [2.45, 2.75) is 38.8 Å². The molecule has 0 saturated carbocycles. The van der Waals surface area contributed by atoms with Gasteiger partial charge in [-0.15, -0.1) is 0 Å². The van der Waals surface area contributed by atoms with E-state index in [4.69, 9.17) is 5.11 Å². The van der Waals surface area contributed by atoms with Crippen molar-refractivity contribution in [3.8, 4) is 0 Å². The number of hydrogen-bond donors (Lipinski definition) is 1. The molecule has 17 heavy (non-hydrogen) atoms. The number of carboxylic acid groups (broad SMARTS) is 1. The Labute approximate surface area is 101 Å². The summed E-state index contributed by atoms with van der Waals surface area (Å²) < 4.78 is 0. The molecule has 0 aromatic carbocycles. The molecule has 1 aliphatic rings. The molecule has 2 heterocycles. The first-order valence-electron chi connectivity index (χ1n) is 5.92. The lowest BCUT2D eigenvalue weighted by Gasteiger charge is -2.31. The average molecular weight is 234 g/mol. The molecule has 1 N–H and O–H groups in total. The Balaban J connectivity index is 2.06. The molecule has 92 valence electrons. The maximum atomic E-state index is 10.7. The summed E-state index contributed by atoms with van der Waals surface area (Å²) in [6.07, 6.45) is 3.86. The van der Waals surface area contributed by atoms with E-state index in [2.05, 4.69) is 23.7 Å². The van der Waals surface area contributed by atoms with Crippen molar-refractivity contribution in [1.29, 1.82) is 0 Å². The van der Waals surface area contributed by atoms with Crippen molar-refractivity contribution in [3.63, 3.8) is 0 Å². The monoisotopic (exact) mass is 234 g/mol. The Hall–Kier alpha value is -1.42. The van der Waals surface area contributed by atoms with E-state index in [-0.39, 0.29) is 11.1 Å². The smallest absolute Gasteiger partial charge is 0.337 e. The first-order chi connectivity index (χ1) is 7.99. The van der Waals surface area contributed by atoms with Gasteiger partial charge in [0.25, 0.3) is 0 Å². The summed E-state index contributed by atoms with van der Waals surface area (Å²) in [6.45, 7) is 6.37. The maximum absolute atomic E-state index is 10.7. The van der Waals surface area contributed by atoms with Crippen LogP contribution in [0, 0.1) is 0 Å². The Bertz CT molecular complexity index is 412. The molecule has 0 atom stereocenters. The van der Waals surface area contributed by atoms with Crippen LogP contribution in [0.15, 0.2) is 18.3 Å². The Morgan fingerprint density at radius 1 is 1.53 bits per heavy atom. The SMILES string of the molecule is CC1(C)CCCN1Cc1ccc(C(=O)O)cn1. The van der Waals surface area contributed by atoms with Gasteiger partial charge in [-0.05, 0) is 45.4 Å². The summed E-state index contributed by atoms with van der Waals surface area (Å²) >= 11 is 0. The quantitative estimate of drug-likeness (QED) is 0.870. The highest BCUT2D eigenvalue weighted by Crippen LogP contribution is 2.29. The van der Waals surface area contributed by atoms with E-state index in [0.717, 1.165) is 18.8 Å². The Kier molecular flexibility index (Phi) is 3.15. The van der Waals surface area contributed by atoms with Gasteiger partial charge in [-0.3, -0.25) is 9.88 Å². The van der Waals surface area contributed by atoms with Crippen LogP contribution in [0.3, 0.4) is 0 Å². The molecule has 1 aliphatic heterocycles. The fourth-order valence-corrected chi connectivity index (χ4v) is 2.30. The van der Waals surface area contributed by atoms with E-state index in [9.17, 15) is 4.79 Å². The second-order valence-corrected chi connectivity index (χ2v) is 5.18. The number of pyridine rings is 1. The molecule has 1 aromatic heterocycles. The lowest BCUT2D eigenvalue weighted by molar-refractivity contribution is 0.0696. The molecule has 0 radical (unpaired) electrons. The van der Waals surface area contributed by atoms with E-state index in [0.29, 0.717) is 0 Å². The van der Waals surface area contributed by atoms with Gasteiger partial charge in [-0.25, -0.2) is 4.79 Å². The van der Waals surface area contributed by atoms with Crippen LogP contribution in [0.1, 0.15) is 42.7 Å². The first kappa shape index (κ1) is 12.0. The van der Waals surface area contributed by atoms with Crippen LogP contribution in [0.2, 0.25) is 0 Å². The lowest BCUT2D eigenvalue weighted by atomic mass is 10.0. The molecule has 0 amide bonds. The number of aromatic carboxylic acids is 1. The summed E-state index contributed by atoms with van der Waals surface area (Å²) in [5, 5.41) is 8.79. The van der Waals surface area contributed by atoms with Crippen LogP contribution in [0.5, 0.6) is 0 Å². The fraction of sp³-hybridized carbons (Fsp3) is 0.538. The van der Waals surface area contributed by atoms with Gasteiger partial charge in [-0.2, -0.15) is 0 Å². The van der Waals surface area contributed by atoms with Gasteiger partial charge >= 0.3 is 5.97 Å². The number of rotatable bonds is 3. The summed E-state index contributed by atoms with van der Waals surface area (Å²) in [5.41, 5.74) is 1.41. The minimum atomic E-state index is -0.925. The van der Waals surface area contributed by atoms with Gasteiger partial charge in [0.05, 0.1) is 11.3 Å². The number of aromatic nitrogens is 1. The molecule has 4 nitrogen and oxygen atoms in total. The van der Waals surface area contributed by atoms with E-state index < -0.39 is 5.97 Å². The van der Waals surface area contributed by atoms with E-state index in [1.165, 1.54) is 19.0 Å². The van der Waals surface area contributed by atoms with Crippen LogP contribution in [-0.2, 0) is 6.54 Å². The Morgan fingerprint density at radius 2 is 2.29 bits per heavy atom. The van der Waals surface area contributed by atoms with Gasteiger partial charge in [0.15, 0.2) is 0 Å². The average Bonchev–Trinajstić information content (AvgIpc) is 2.59. The van der Waals surface area contributed by atoms with Crippen molar-refractivity contribution in [2.24, 2.45) is 0 Å². The van der Waals surface area contributed by atoms with Crippen LogP contribution in [-0.4, -0.2) is 33.0 Å². The highest BCUT2D eigenvalue weighted by molar-refractivity contribution is 5.87. The van der Waals surface area contributed by atoms with E-state index in [1.807, 2.05) is 0 Å². The predicted octanol–water partition coefficient (Wildman–Crippen LogP) is 2.15. The van der Waals surface area contributed by atoms with Crippen molar-refractivity contribution in [1.82, 2.24) is 9.88 Å². The summed E-state index contributed by atoms with van der Waals surface area (Å²) in [5.74, 6) is -0.925. The molecule has 1 saturated heterocycles. The molecule has 1 fully saturated rings. The summed E-state index contributed by atoms with van der Waals surface area (Å²) in [6, 6.07) is 3.42. The van der Waals surface area contributed by atoms with E-state index >= 15 is 0 Å². The number of hydrogen-bond acceptors (Lipinski definition) is 3. The second kappa shape index (κ2) is 4.45. The normalized spacial score (nSPS) is 19.4. The predicted molar refractivity (Wildman–Crippen MR) is 64.9 cm³/mol. The third-order valence-corrected chi connectivity index (χ3v) is 3.50. The number of carbonyl (C=O) groups is 1. The van der Waals surface area contributed by atoms with Crippen LogP contribution in [0.4, 0.5) is 0 Å². The molecular formula is C13H18N2O2. The highest BCUT2D eigenvalue weighted by Gasteiger charge is 2.31. The largest absolute Gasteiger partial charge is 0.478 e. The van der Waals surface area contributed by atoms with Crippen molar-refractivity contribution < 1.29 is 9.90 Å². The molecule has 0 bridgehead atoms. The zero-order valence-electron chi connectivity index (χ0n) is 10.3. The van der Waals surface area contributed by atoms with Crippen molar-refractivity contribution >= 4 is 5.97 Å². The van der Waals surface area contributed by atoms with Crippen LogP contribution < -0.4 is 0 Å². The van der Waals surface area contributed by atoms with Crippen molar-refractivity contribution in [2.75, 3.05) is 6.54 Å². The molecule has 0 aliphatic carbocycles. The second-order valence-electron chi connectivity index (χ2n) is 5.18. The van der Waals surface area contributed by atoms with Gasteiger partial charge in [0.2, 0.25) is 0 Å². The minimum Gasteiger partial charge on any atom is -0.478 e. The fourth-order valence-electron chi connectivity index (χ4n) is 2.30. The maximum Gasteiger partial charge on any atom is 0.337 e. The first-order valence-corrected chi connectivity index (χ1v) is 5.92. The van der Waals surface area contributed by atoms with Gasteiger partial charge in [-0.1, -0.05) is 0 Å². The summed E-state index contributed by atoms with van der Waals surface area (Å²) in [7, 11) is 0. The third kappa shape index (κ3) is 2.64. The van der Waals surface area contributed by atoms with Gasteiger partial charge < -0.3 is 5.11 Å². The molecule has 0 unspecified atom stereocenters. The van der Waals surface area contributed by atoms with E-state index in [1.54, 1.807) is 12.1 Å². The molecule has 1 aromatic rings. The topological polar surface area (TPSA) is 53.4 Å². The molecule has 0 spiro atoms. The Morgan fingerprint density at radius 3 is 2.76 bits per heavy atom. The zero-order valence-corrected chi connectivity index (χ0v) is 10.3. The highest BCUT2D eigenvalue weighted by atomic mass is 16.4. The van der Waals surface area contributed by atoms with Crippen LogP contribution in [0.25, 0.3) is 0 Å². The van der Waals surface area contributed by atoms with Crippen LogP contribution >= 0.6 is 0 Å². The van der Waals surface area contributed by atoms with Crippen molar-refractivity contribution in [3.05, 3.63) is 29.6 Å². The standard InChI is InChI=1S/C13H18N2O2/c1-13(2)6-3-7-15(13)9-11-5-4-10(8-14-11)12(16)17/h4-5,8H,3,6-7,9H2,1-2H3,(H,16,17). The number of nitrogens with zero attached hydrogens (tertiary/aromatic N) is 2. The zero-order chi connectivity index (χ0) is 12.5. The number of likely N-dealkylation sites (tertiary alicyclic amines) is 1.